The van der Waals surface area contributed by atoms with Gasteiger partial charge in [-0.05, 0) is 30.5 Å². The average Bonchev–Trinajstić information content (AvgIpc) is 3.05. The first kappa shape index (κ1) is 16.8. The van der Waals surface area contributed by atoms with Gasteiger partial charge in [-0.2, -0.15) is 0 Å². The van der Waals surface area contributed by atoms with E-state index in [4.69, 9.17) is 0 Å². The molecule has 0 saturated carbocycles. The fraction of sp³-hybridized carbons (Fsp3) is 0.200. The Balaban J connectivity index is 1.49. The standard InChI is InChI=1S/C20H21N3O2/c1-14(15-7-3-2-4-8-15)23-20(25)19(24)21-12-11-16-13-22-18-10-6-5-9-17(16)18/h2-10,13-14,22H,11-12H2,1H3,(H,21,24)(H,23,25)/t14-/m1/s1. The van der Waals surface area contributed by atoms with Crippen molar-refractivity contribution < 1.29 is 9.59 Å². The van der Waals surface area contributed by atoms with E-state index in [0.717, 1.165) is 22.0 Å². The predicted molar refractivity (Wildman–Crippen MR) is 98.0 cm³/mol. The predicted octanol–water partition coefficient (Wildman–Crippen LogP) is 2.70. The van der Waals surface area contributed by atoms with E-state index < -0.39 is 11.8 Å². The Kier molecular flexibility index (Phi) is 5.14. The van der Waals surface area contributed by atoms with Crippen LogP contribution in [0.2, 0.25) is 0 Å². The molecule has 3 aromatic rings. The Labute approximate surface area is 146 Å². The lowest BCUT2D eigenvalue weighted by Crippen LogP contribution is -2.41. The normalized spacial score (nSPS) is 11.9. The van der Waals surface area contributed by atoms with Gasteiger partial charge in [-0.25, -0.2) is 0 Å². The Bertz CT molecular complexity index is 871. The van der Waals surface area contributed by atoms with Crippen LogP contribution in [-0.2, 0) is 16.0 Å². The molecule has 2 amide bonds. The van der Waals surface area contributed by atoms with Crippen LogP contribution in [0.5, 0.6) is 0 Å². The zero-order chi connectivity index (χ0) is 17.6. The molecule has 3 N–H and O–H groups in total. The lowest BCUT2D eigenvalue weighted by atomic mass is 10.1. The number of aromatic amines is 1. The number of para-hydroxylation sites is 1. The smallest absolute Gasteiger partial charge is 0.309 e. The SMILES string of the molecule is C[C@@H](NC(=O)C(=O)NCCc1c[nH]c2ccccc12)c1ccccc1. The van der Waals surface area contributed by atoms with E-state index in [0.29, 0.717) is 13.0 Å². The molecule has 3 rings (SSSR count). The maximum absolute atomic E-state index is 12.0. The number of H-pyrrole nitrogens is 1. The highest BCUT2D eigenvalue weighted by Crippen LogP contribution is 2.17. The summed E-state index contributed by atoms with van der Waals surface area (Å²) >= 11 is 0. The summed E-state index contributed by atoms with van der Waals surface area (Å²) in [6.07, 6.45) is 2.60. The van der Waals surface area contributed by atoms with Crippen LogP contribution in [0.1, 0.15) is 24.1 Å². The molecule has 0 aliphatic rings. The van der Waals surface area contributed by atoms with Gasteiger partial charge in [0.15, 0.2) is 0 Å². The molecule has 0 bridgehead atoms. The zero-order valence-corrected chi connectivity index (χ0v) is 14.1. The summed E-state index contributed by atoms with van der Waals surface area (Å²) in [5, 5.41) is 6.53. The van der Waals surface area contributed by atoms with Gasteiger partial charge >= 0.3 is 11.8 Å². The molecule has 0 saturated heterocycles. The largest absolute Gasteiger partial charge is 0.361 e. The zero-order valence-electron chi connectivity index (χ0n) is 14.1. The summed E-state index contributed by atoms with van der Waals surface area (Å²) in [6.45, 7) is 2.26. The molecule has 1 aromatic heterocycles. The minimum absolute atomic E-state index is 0.215. The number of hydrogen-bond donors (Lipinski definition) is 3. The molecule has 1 heterocycles. The molecule has 0 spiro atoms. The van der Waals surface area contributed by atoms with Gasteiger partial charge < -0.3 is 15.6 Å². The molecular formula is C20H21N3O2. The molecule has 0 radical (unpaired) electrons. The van der Waals surface area contributed by atoms with Crippen LogP contribution in [0.25, 0.3) is 10.9 Å². The molecular weight excluding hydrogens is 314 g/mol. The highest BCUT2D eigenvalue weighted by atomic mass is 16.2. The van der Waals surface area contributed by atoms with Crippen LogP contribution in [0.15, 0.2) is 60.8 Å². The van der Waals surface area contributed by atoms with E-state index in [2.05, 4.69) is 15.6 Å². The van der Waals surface area contributed by atoms with Crippen LogP contribution < -0.4 is 10.6 Å². The third-order valence-corrected chi connectivity index (χ3v) is 4.21. The average molecular weight is 335 g/mol. The number of fused-ring (bicyclic) bond motifs is 1. The van der Waals surface area contributed by atoms with Crippen LogP contribution in [0.3, 0.4) is 0 Å². The second-order valence-electron chi connectivity index (χ2n) is 5.97. The van der Waals surface area contributed by atoms with Crippen LogP contribution >= 0.6 is 0 Å². The first-order valence-electron chi connectivity index (χ1n) is 8.34. The molecule has 25 heavy (non-hydrogen) atoms. The van der Waals surface area contributed by atoms with Crippen molar-refractivity contribution in [3.63, 3.8) is 0 Å². The molecule has 0 unspecified atom stereocenters. The van der Waals surface area contributed by atoms with Gasteiger partial charge in [0.1, 0.15) is 0 Å². The minimum Gasteiger partial charge on any atom is -0.361 e. The topological polar surface area (TPSA) is 74.0 Å². The second-order valence-corrected chi connectivity index (χ2v) is 5.97. The van der Waals surface area contributed by atoms with Crippen molar-refractivity contribution in [2.75, 3.05) is 6.54 Å². The molecule has 0 aliphatic heterocycles. The van der Waals surface area contributed by atoms with E-state index in [1.807, 2.05) is 67.7 Å². The van der Waals surface area contributed by atoms with Crippen molar-refractivity contribution in [1.29, 1.82) is 0 Å². The first-order valence-corrected chi connectivity index (χ1v) is 8.34. The van der Waals surface area contributed by atoms with E-state index in [1.165, 1.54) is 0 Å². The number of benzene rings is 2. The maximum atomic E-state index is 12.0. The van der Waals surface area contributed by atoms with Crippen molar-refractivity contribution in [3.05, 3.63) is 71.9 Å². The molecule has 0 fully saturated rings. The van der Waals surface area contributed by atoms with Crippen molar-refractivity contribution in [3.8, 4) is 0 Å². The van der Waals surface area contributed by atoms with Gasteiger partial charge in [0.05, 0.1) is 6.04 Å². The molecule has 128 valence electrons. The summed E-state index contributed by atoms with van der Waals surface area (Å²) in [6, 6.07) is 17.3. The van der Waals surface area contributed by atoms with E-state index >= 15 is 0 Å². The van der Waals surface area contributed by atoms with Crippen LogP contribution in [0, 0.1) is 0 Å². The van der Waals surface area contributed by atoms with E-state index in [-0.39, 0.29) is 6.04 Å². The van der Waals surface area contributed by atoms with Crippen molar-refractivity contribution in [1.82, 2.24) is 15.6 Å². The number of amides is 2. The maximum Gasteiger partial charge on any atom is 0.309 e. The fourth-order valence-corrected chi connectivity index (χ4v) is 2.82. The van der Waals surface area contributed by atoms with Gasteiger partial charge in [-0.1, -0.05) is 48.5 Å². The highest BCUT2D eigenvalue weighted by molar-refractivity contribution is 6.35. The third kappa shape index (κ3) is 4.07. The second kappa shape index (κ2) is 7.66. The number of carbonyl (C=O) groups excluding carboxylic acids is 2. The highest BCUT2D eigenvalue weighted by Gasteiger charge is 2.16. The number of aromatic nitrogens is 1. The Hall–Kier alpha value is -3.08. The molecule has 0 aliphatic carbocycles. The number of rotatable bonds is 5. The number of carbonyl (C=O) groups is 2. The van der Waals surface area contributed by atoms with E-state index in [9.17, 15) is 9.59 Å². The summed E-state index contributed by atoms with van der Waals surface area (Å²) < 4.78 is 0. The van der Waals surface area contributed by atoms with Crippen LogP contribution in [-0.4, -0.2) is 23.3 Å². The van der Waals surface area contributed by atoms with E-state index in [1.54, 1.807) is 0 Å². The van der Waals surface area contributed by atoms with Crippen molar-refractivity contribution in [2.24, 2.45) is 0 Å². The summed E-state index contributed by atoms with van der Waals surface area (Å²) in [5.41, 5.74) is 3.15. The number of nitrogens with one attached hydrogen (secondary N) is 3. The lowest BCUT2D eigenvalue weighted by molar-refractivity contribution is -0.139. The molecule has 1 atom stereocenters. The molecule has 2 aromatic carbocycles. The first-order chi connectivity index (χ1) is 12.1. The minimum atomic E-state index is -0.615. The molecule has 5 nitrogen and oxygen atoms in total. The summed E-state index contributed by atoms with van der Waals surface area (Å²) in [7, 11) is 0. The lowest BCUT2D eigenvalue weighted by Gasteiger charge is -2.14. The third-order valence-electron chi connectivity index (χ3n) is 4.21. The quantitative estimate of drug-likeness (QED) is 0.627. The van der Waals surface area contributed by atoms with Gasteiger partial charge in [0.25, 0.3) is 0 Å². The summed E-state index contributed by atoms with van der Waals surface area (Å²) in [4.78, 5) is 27.2. The fourth-order valence-electron chi connectivity index (χ4n) is 2.82. The Morgan fingerprint density at radius 3 is 2.52 bits per heavy atom. The monoisotopic (exact) mass is 335 g/mol. The molecule has 5 heteroatoms. The van der Waals surface area contributed by atoms with Gasteiger partial charge in [-0.15, -0.1) is 0 Å². The Morgan fingerprint density at radius 2 is 1.72 bits per heavy atom. The summed E-state index contributed by atoms with van der Waals surface area (Å²) in [5.74, 6) is -1.22. The van der Waals surface area contributed by atoms with Gasteiger partial charge in [0, 0.05) is 23.6 Å². The van der Waals surface area contributed by atoms with Crippen LogP contribution in [0.4, 0.5) is 0 Å². The van der Waals surface area contributed by atoms with Gasteiger partial charge in [-0.3, -0.25) is 9.59 Å². The Morgan fingerprint density at radius 1 is 1.00 bits per heavy atom. The van der Waals surface area contributed by atoms with Crippen molar-refractivity contribution >= 4 is 22.7 Å². The number of hydrogen-bond acceptors (Lipinski definition) is 2. The van der Waals surface area contributed by atoms with Crippen molar-refractivity contribution in [2.45, 2.75) is 19.4 Å². The van der Waals surface area contributed by atoms with Gasteiger partial charge in [0.2, 0.25) is 0 Å².